The summed E-state index contributed by atoms with van der Waals surface area (Å²) in [5, 5.41) is 3.73. The standard InChI is InChI=1S/C14H10Cl3NOS/c15-10-3-1-9(2-4-10)8-18-6-5-12(19)11-7-13(16)20-14(11)17/h1-7,18H,8H2. The third-order valence-electron chi connectivity index (χ3n) is 2.49. The lowest BCUT2D eigenvalue weighted by atomic mass is 10.2. The number of thiophene rings is 1. The van der Waals surface area contributed by atoms with E-state index in [1.165, 1.54) is 17.4 Å². The molecule has 1 heterocycles. The first-order chi connectivity index (χ1) is 9.56. The molecule has 6 heteroatoms. The molecule has 0 radical (unpaired) electrons. The van der Waals surface area contributed by atoms with E-state index in [2.05, 4.69) is 5.32 Å². The summed E-state index contributed by atoms with van der Waals surface area (Å²) in [6.45, 7) is 0.610. The second kappa shape index (κ2) is 7.14. The van der Waals surface area contributed by atoms with Crippen LogP contribution in [0.5, 0.6) is 0 Å². The monoisotopic (exact) mass is 345 g/mol. The number of rotatable bonds is 5. The topological polar surface area (TPSA) is 29.1 Å². The highest BCUT2D eigenvalue weighted by Crippen LogP contribution is 2.31. The van der Waals surface area contributed by atoms with Crippen LogP contribution in [-0.4, -0.2) is 5.78 Å². The predicted octanol–water partition coefficient (Wildman–Crippen LogP) is 5.19. The molecule has 0 amide bonds. The van der Waals surface area contributed by atoms with E-state index in [-0.39, 0.29) is 5.78 Å². The van der Waals surface area contributed by atoms with Crippen molar-refractivity contribution in [1.29, 1.82) is 0 Å². The van der Waals surface area contributed by atoms with Crippen molar-refractivity contribution in [2.45, 2.75) is 6.54 Å². The smallest absolute Gasteiger partial charge is 0.189 e. The normalized spacial score (nSPS) is 10.9. The van der Waals surface area contributed by atoms with Gasteiger partial charge in [-0.3, -0.25) is 4.79 Å². The first kappa shape index (κ1) is 15.4. The maximum atomic E-state index is 11.9. The minimum absolute atomic E-state index is 0.179. The molecule has 2 nitrogen and oxygen atoms in total. The molecule has 0 aliphatic carbocycles. The van der Waals surface area contributed by atoms with Crippen molar-refractivity contribution in [1.82, 2.24) is 5.32 Å². The minimum atomic E-state index is -0.179. The van der Waals surface area contributed by atoms with Gasteiger partial charge in [0.1, 0.15) is 4.34 Å². The highest BCUT2D eigenvalue weighted by atomic mass is 35.5. The molecular weight excluding hydrogens is 337 g/mol. The summed E-state index contributed by atoms with van der Waals surface area (Å²) in [6.07, 6.45) is 3.03. The molecule has 1 aromatic carbocycles. The molecule has 0 atom stereocenters. The van der Waals surface area contributed by atoms with Gasteiger partial charge in [-0.05, 0) is 23.8 Å². The third-order valence-corrected chi connectivity index (χ3v) is 4.23. The van der Waals surface area contributed by atoms with Crippen LogP contribution in [0, 0.1) is 0 Å². The van der Waals surface area contributed by atoms with Gasteiger partial charge in [0.15, 0.2) is 5.78 Å². The summed E-state index contributed by atoms with van der Waals surface area (Å²) in [4.78, 5) is 11.9. The lowest BCUT2D eigenvalue weighted by molar-refractivity contribution is 0.104. The third kappa shape index (κ3) is 4.25. The summed E-state index contributed by atoms with van der Waals surface area (Å²) in [6, 6.07) is 9.04. The van der Waals surface area contributed by atoms with E-state index in [1.807, 2.05) is 24.3 Å². The Bertz CT molecular complexity index is 634. The molecule has 2 rings (SSSR count). The predicted molar refractivity (Wildman–Crippen MR) is 86.1 cm³/mol. The summed E-state index contributed by atoms with van der Waals surface area (Å²) in [5.74, 6) is -0.179. The first-order valence-electron chi connectivity index (χ1n) is 5.70. The molecule has 104 valence electrons. The molecule has 0 fully saturated rings. The summed E-state index contributed by atoms with van der Waals surface area (Å²) in [5.41, 5.74) is 1.49. The Morgan fingerprint density at radius 1 is 1.20 bits per heavy atom. The van der Waals surface area contributed by atoms with Crippen LogP contribution in [0.2, 0.25) is 13.7 Å². The maximum absolute atomic E-state index is 11.9. The Labute approximate surface area is 136 Å². The fourth-order valence-corrected chi connectivity index (χ4v) is 3.11. The van der Waals surface area contributed by atoms with Crippen LogP contribution in [0.3, 0.4) is 0 Å². The fraction of sp³-hybridized carbons (Fsp3) is 0.0714. The van der Waals surface area contributed by atoms with Crippen molar-refractivity contribution >= 4 is 51.9 Å². The Kier molecular flexibility index (Phi) is 5.49. The zero-order chi connectivity index (χ0) is 14.5. The average Bonchev–Trinajstić information content (AvgIpc) is 2.75. The molecular formula is C14H10Cl3NOS. The van der Waals surface area contributed by atoms with Crippen molar-refractivity contribution in [2.75, 3.05) is 0 Å². The molecule has 20 heavy (non-hydrogen) atoms. The van der Waals surface area contributed by atoms with Crippen LogP contribution in [0.25, 0.3) is 0 Å². The molecule has 0 bridgehead atoms. The number of carbonyl (C=O) groups excluding carboxylic acids is 1. The van der Waals surface area contributed by atoms with Crippen molar-refractivity contribution in [3.63, 3.8) is 0 Å². The highest BCUT2D eigenvalue weighted by molar-refractivity contribution is 7.20. The quantitative estimate of drug-likeness (QED) is 0.596. The van der Waals surface area contributed by atoms with Crippen LogP contribution in [0.4, 0.5) is 0 Å². The van der Waals surface area contributed by atoms with Gasteiger partial charge in [-0.25, -0.2) is 0 Å². The fourth-order valence-electron chi connectivity index (χ4n) is 1.51. The Hall–Kier alpha value is -1.000. The molecule has 0 unspecified atom stereocenters. The van der Waals surface area contributed by atoms with Gasteiger partial charge < -0.3 is 5.32 Å². The molecule has 0 spiro atoms. The number of carbonyl (C=O) groups is 1. The second-order valence-electron chi connectivity index (χ2n) is 3.94. The van der Waals surface area contributed by atoms with Crippen LogP contribution in [0.1, 0.15) is 15.9 Å². The summed E-state index contributed by atoms with van der Waals surface area (Å²) < 4.78 is 0.906. The zero-order valence-electron chi connectivity index (χ0n) is 10.2. The van der Waals surface area contributed by atoms with Crippen molar-refractivity contribution in [3.05, 3.63) is 67.4 Å². The molecule has 1 N–H and O–H groups in total. The number of hydrogen-bond acceptors (Lipinski definition) is 3. The van der Waals surface area contributed by atoms with Crippen molar-refractivity contribution < 1.29 is 4.79 Å². The molecule has 0 saturated heterocycles. The lowest BCUT2D eigenvalue weighted by Gasteiger charge is -2.01. The van der Waals surface area contributed by atoms with Crippen LogP contribution in [-0.2, 0) is 6.54 Å². The van der Waals surface area contributed by atoms with E-state index in [1.54, 1.807) is 12.3 Å². The summed E-state index contributed by atoms with van der Waals surface area (Å²) >= 11 is 18.7. The van der Waals surface area contributed by atoms with Gasteiger partial charge in [-0.15, -0.1) is 11.3 Å². The first-order valence-corrected chi connectivity index (χ1v) is 7.65. The van der Waals surface area contributed by atoms with Gasteiger partial charge in [0, 0.05) is 23.8 Å². The highest BCUT2D eigenvalue weighted by Gasteiger charge is 2.11. The lowest BCUT2D eigenvalue weighted by Crippen LogP contribution is -2.05. The van der Waals surface area contributed by atoms with Crippen molar-refractivity contribution in [3.8, 4) is 0 Å². The molecule has 0 aliphatic heterocycles. The molecule has 1 aromatic heterocycles. The number of halogens is 3. The number of ketones is 1. The van der Waals surface area contributed by atoms with Gasteiger partial charge in [-0.1, -0.05) is 46.9 Å². The van der Waals surface area contributed by atoms with Crippen LogP contribution in [0.15, 0.2) is 42.6 Å². The van der Waals surface area contributed by atoms with E-state index < -0.39 is 0 Å². The van der Waals surface area contributed by atoms with E-state index >= 15 is 0 Å². The maximum Gasteiger partial charge on any atom is 0.189 e. The van der Waals surface area contributed by atoms with Gasteiger partial charge in [0.05, 0.1) is 9.90 Å². The largest absolute Gasteiger partial charge is 0.387 e. The second-order valence-corrected chi connectivity index (χ2v) is 6.66. The van der Waals surface area contributed by atoms with E-state index in [4.69, 9.17) is 34.8 Å². The molecule has 0 aliphatic rings. The van der Waals surface area contributed by atoms with Gasteiger partial charge in [-0.2, -0.15) is 0 Å². The Morgan fingerprint density at radius 2 is 1.90 bits per heavy atom. The number of benzene rings is 1. The number of hydrogen-bond donors (Lipinski definition) is 1. The summed E-state index contributed by atoms with van der Waals surface area (Å²) in [7, 11) is 0. The van der Waals surface area contributed by atoms with Gasteiger partial charge in [0.25, 0.3) is 0 Å². The molecule has 0 saturated carbocycles. The number of allylic oxidation sites excluding steroid dienone is 1. The molecule has 2 aromatic rings. The SMILES string of the molecule is O=C(C=CNCc1ccc(Cl)cc1)c1cc(Cl)sc1Cl. The number of nitrogens with one attached hydrogen (secondary N) is 1. The van der Waals surface area contributed by atoms with Gasteiger partial charge in [0.2, 0.25) is 0 Å². The van der Waals surface area contributed by atoms with Crippen LogP contribution >= 0.6 is 46.1 Å². The minimum Gasteiger partial charge on any atom is -0.387 e. The van der Waals surface area contributed by atoms with E-state index in [0.29, 0.717) is 25.8 Å². The zero-order valence-corrected chi connectivity index (χ0v) is 13.3. The van der Waals surface area contributed by atoms with E-state index in [0.717, 1.165) is 5.56 Å². The Morgan fingerprint density at radius 3 is 2.50 bits per heavy atom. The van der Waals surface area contributed by atoms with E-state index in [9.17, 15) is 4.79 Å². The Balaban J connectivity index is 1.89. The van der Waals surface area contributed by atoms with Crippen LogP contribution < -0.4 is 5.32 Å². The average molecular weight is 347 g/mol. The van der Waals surface area contributed by atoms with Crippen molar-refractivity contribution in [2.24, 2.45) is 0 Å². The van der Waals surface area contributed by atoms with Gasteiger partial charge >= 0.3 is 0 Å².